The molecule has 25 heavy (non-hydrogen) atoms. The zero-order valence-electron chi connectivity index (χ0n) is 14.0. The Labute approximate surface area is 145 Å². The van der Waals surface area contributed by atoms with Gasteiger partial charge in [0, 0.05) is 30.3 Å². The Hall–Kier alpha value is -2.69. The van der Waals surface area contributed by atoms with Crippen LogP contribution in [0.5, 0.6) is 0 Å². The van der Waals surface area contributed by atoms with Crippen molar-refractivity contribution in [2.24, 2.45) is 0 Å². The van der Waals surface area contributed by atoms with Crippen LogP contribution in [0.25, 0.3) is 22.6 Å². The summed E-state index contributed by atoms with van der Waals surface area (Å²) >= 11 is 0. The van der Waals surface area contributed by atoms with E-state index in [0.717, 1.165) is 18.4 Å². The molecule has 2 aromatic carbocycles. The van der Waals surface area contributed by atoms with Crippen molar-refractivity contribution in [2.75, 3.05) is 7.05 Å². The van der Waals surface area contributed by atoms with Crippen LogP contribution in [0, 0.1) is 5.82 Å². The van der Waals surface area contributed by atoms with Crippen molar-refractivity contribution in [2.45, 2.75) is 31.7 Å². The summed E-state index contributed by atoms with van der Waals surface area (Å²) in [4.78, 5) is 18.8. The van der Waals surface area contributed by atoms with E-state index in [9.17, 15) is 9.18 Å². The van der Waals surface area contributed by atoms with Gasteiger partial charge >= 0.3 is 0 Å². The number of fused-ring (bicyclic) bond motifs is 1. The van der Waals surface area contributed by atoms with Gasteiger partial charge in [-0.3, -0.25) is 4.79 Å². The van der Waals surface area contributed by atoms with Gasteiger partial charge in [0.2, 0.25) is 5.89 Å². The van der Waals surface area contributed by atoms with Gasteiger partial charge in [0.25, 0.3) is 5.91 Å². The minimum Gasteiger partial charge on any atom is -0.436 e. The Bertz CT molecular complexity index is 911. The second-order valence-corrected chi connectivity index (χ2v) is 6.56. The fourth-order valence-corrected chi connectivity index (χ4v) is 3.44. The van der Waals surface area contributed by atoms with Gasteiger partial charge in [-0.1, -0.05) is 12.8 Å². The van der Waals surface area contributed by atoms with Crippen LogP contribution in [0.1, 0.15) is 36.0 Å². The Kier molecular flexibility index (Phi) is 3.99. The van der Waals surface area contributed by atoms with E-state index in [-0.39, 0.29) is 11.7 Å². The third-order valence-corrected chi connectivity index (χ3v) is 4.92. The lowest BCUT2D eigenvalue weighted by atomic mass is 10.1. The van der Waals surface area contributed by atoms with Crippen LogP contribution < -0.4 is 0 Å². The van der Waals surface area contributed by atoms with Crippen molar-refractivity contribution in [1.29, 1.82) is 0 Å². The molecule has 128 valence electrons. The molecule has 3 aromatic rings. The first kappa shape index (κ1) is 15.8. The highest BCUT2D eigenvalue weighted by molar-refractivity contribution is 5.94. The van der Waals surface area contributed by atoms with Gasteiger partial charge in [-0.2, -0.15) is 0 Å². The van der Waals surface area contributed by atoms with Crippen molar-refractivity contribution in [3.05, 3.63) is 53.8 Å². The van der Waals surface area contributed by atoms with E-state index < -0.39 is 0 Å². The average Bonchev–Trinajstić information content (AvgIpc) is 3.30. The third kappa shape index (κ3) is 3.02. The van der Waals surface area contributed by atoms with Crippen molar-refractivity contribution < 1.29 is 13.6 Å². The fraction of sp³-hybridized carbons (Fsp3) is 0.300. The smallest absolute Gasteiger partial charge is 0.253 e. The molecule has 1 saturated carbocycles. The maximum atomic E-state index is 13.3. The van der Waals surface area contributed by atoms with Gasteiger partial charge in [0.05, 0.1) is 0 Å². The maximum Gasteiger partial charge on any atom is 0.253 e. The standard InChI is InChI=1S/C20H19FN2O2/c1-23(16-4-2-3-5-16)20(24)14-8-6-13(7-9-14)19-22-17-11-10-15(21)12-18(17)25-19/h6-12,16H,2-5H2,1H3. The van der Waals surface area contributed by atoms with Crippen LogP contribution >= 0.6 is 0 Å². The second-order valence-electron chi connectivity index (χ2n) is 6.56. The van der Waals surface area contributed by atoms with Crippen LogP contribution in [-0.4, -0.2) is 28.9 Å². The van der Waals surface area contributed by atoms with Crippen LogP contribution in [0.2, 0.25) is 0 Å². The molecule has 0 saturated heterocycles. The minimum absolute atomic E-state index is 0.0399. The number of aromatic nitrogens is 1. The normalized spacial score (nSPS) is 15.0. The van der Waals surface area contributed by atoms with Crippen molar-refractivity contribution in [3.8, 4) is 11.5 Å². The van der Waals surface area contributed by atoms with Crippen molar-refractivity contribution >= 4 is 17.0 Å². The van der Waals surface area contributed by atoms with E-state index in [1.807, 2.05) is 24.1 Å². The van der Waals surface area contributed by atoms with Crippen LogP contribution in [0.15, 0.2) is 46.9 Å². The average molecular weight is 338 g/mol. The molecule has 1 aromatic heterocycles. The quantitative estimate of drug-likeness (QED) is 0.698. The summed E-state index contributed by atoms with van der Waals surface area (Å²) in [6.45, 7) is 0. The minimum atomic E-state index is -0.355. The predicted molar refractivity (Wildman–Crippen MR) is 93.8 cm³/mol. The monoisotopic (exact) mass is 338 g/mol. The summed E-state index contributed by atoms with van der Waals surface area (Å²) in [6.07, 6.45) is 4.55. The van der Waals surface area contributed by atoms with E-state index >= 15 is 0 Å². The topological polar surface area (TPSA) is 46.3 Å². The van der Waals surface area contributed by atoms with Gasteiger partial charge < -0.3 is 9.32 Å². The number of halogens is 1. The number of rotatable bonds is 3. The SMILES string of the molecule is CN(C(=O)c1ccc(-c2nc3ccc(F)cc3o2)cc1)C1CCCC1. The zero-order chi connectivity index (χ0) is 17.4. The summed E-state index contributed by atoms with van der Waals surface area (Å²) in [5.74, 6) is 0.105. The second kappa shape index (κ2) is 6.31. The summed E-state index contributed by atoms with van der Waals surface area (Å²) in [5.41, 5.74) is 2.44. The number of oxazole rings is 1. The van der Waals surface area contributed by atoms with Gasteiger partial charge in [-0.25, -0.2) is 9.37 Å². The maximum absolute atomic E-state index is 13.3. The molecule has 0 bridgehead atoms. The third-order valence-electron chi connectivity index (χ3n) is 4.92. The summed E-state index contributed by atoms with van der Waals surface area (Å²) < 4.78 is 18.9. The Balaban J connectivity index is 1.57. The summed E-state index contributed by atoms with van der Waals surface area (Å²) in [6, 6.07) is 11.8. The molecule has 1 aliphatic rings. The van der Waals surface area contributed by atoms with E-state index in [0.29, 0.717) is 28.6 Å². The lowest BCUT2D eigenvalue weighted by Crippen LogP contribution is -2.35. The number of nitrogens with zero attached hydrogens (tertiary/aromatic N) is 2. The largest absolute Gasteiger partial charge is 0.436 e. The summed E-state index contributed by atoms with van der Waals surface area (Å²) in [5, 5.41) is 0. The molecule has 4 rings (SSSR count). The number of benzene rings is 2. The van der Waals surface area contributed by atoms with Gasteiger partial charge in [0.15, 0.2) is 5.58 Å². The van der Waals surface area contributed by atoms with Crippen LogP contribution in [-0.2, 0) is 0 Å². The first-order valence-electron chi connectivity index (χ1n) is 8.55. The molecular weight excluding hydrogens is 319 g/mol. The van der Waals surface area contributed by atoms with E-state index in [1.165, 1.54) is 25.0 Å². The Morgan fingerprint density at radius 2 is 1.88 bits per heavy atom. The lowest BCUT2D eigenvalue weighted by molar-refractivity contribution is 0.0735. The summed E-state index contributed by atoms with van der Waals surface area (Å²) in [7, 11) is 1.88. The molecule has 1 heterocycles. The number of carbonyl (C=O) groups excluding carboxylic acids is 1. The van der Waals surface area contributed by atoms with E-state index in [4.69, 9.17) is 4.42 Å². The molecule has 1 aliphatic carbocycles. The molecule has 5 heteroatoms. The fourth-order valence-electron chi connectivity index (χ4n) is 3.44. The Morgan fingerprint density at radius 1 is 1.16 bits per heavy atom. The van der Waals surface area contributed by atoms with Gasteiger partial charge in [0.1, 0.15) is 11.3 Å². The molecule has 1 amide bonds. The van der Waals surface area contributed by atoms with Gasteiger partial charge in [-0.15, -0.1) is 0 Å². The van der Waals surface area contributed by atoms with E-state index in [2.05, 4.69) is 4.98 Å². The Morgan fingerprint density at radius 3 is 2.60 bits per heavy atom. The molecule has 0 aliphatic heterocycles. The van der Waals surface area contributed by atoms with Crippen LogP contribution in [0.4, 0.5) is 4.39 Å². The van der Waals surface area contributed by atoms with Crippen molar-refractivity contribution in [3.63, 3.8) is 0 Å². The van der Waals surface area contributed by atoms with E-state index in [1.54, 1.807) is 18.2 Å². The zero-order valence-corrected chi connectivity index (χ0v) is 14.0. The predicted octanol–water partition coefficient (Wildman–Crippen LogP) is 4.65. The molecule has 4 nitrogen and oxygen atoms in total. The van der Waals surface area contributed by atoms with Gasteiger partial charge in [-0.05, 0) is 49.2 Å². The van der Waals surface area contributed by atoms with Crippen LogP contribution in [0.3, 0.4) is 0 Å². The number of carbonyl (C=O) groups is 1. The number of amides is 1. The molecular formula is C20H19FN2O2. The molecule has 0 atom stereocenters. The molecule has 1 fully saturated rings. The molecule has 0 radical (unpaired) electrons. The first-order valence-corrected chi connectivity index (χ1v) is 8.55. The van der Waals surface area contributed by atoms with Crippen molar-refractivity contribution in [1.82, 2.24) is 9.88 Å². The first-order chi connectivity index (χ1) is 12.1. The highest BCUT2D eigenvalue weighted by Gasteiger charge is 2.24. The molecule has 0 N–H and O–H groups in total. The number of hydrogen-bond acceptors (Lipinski definition) is 3. The highest BCUT2D eigenvalue weighted by atomic mass is 19.1. The molecule has 0 spiro atoms. The lowest BCUT2D eigenvalue weighted by Gasteiger charge is -2.24. The number of hydrogen-bond donors (Lipinski definition) is 0. The molecule has 0 unspecified atom stereocenters. The highest BCUT2D eigenvalue weighted by Crippen LogP contribution is 2.26.